The standard InChI is InChI=1S/C16H22FN3O.ClH/c17-12-4-6-13(7-5-12)19-16(21)10-20-8-11-2-1-3-15(18)14(11)9-20;/h4-7,11,14-15H,1-3,8-10,18H2,(H,19,21);1H. The summed E-state index contributed by atoms with van der Waals surface area (Å²) in [6, 6.07) is 6.13. The second-order valence-corrected chi connectivity index (χ2v) is 6.27. The van der Waals surface area contributed by atoms with Crippen molar-refractivity contribution in [3.63, 3.8) is 0 Å². The van der Waals surface area contributed by atoms with Gasteiger partial charge in [-0.05, 0) is 48.9 Å². The summed E-state index contributed by atoms with van der Waals surface area (Å²) in [7, 11) is 0. The van der Waals surface area contributed by atoms with Crippen LogP contribution < -0.4 is 11.1 Å². The maximum absolute atomic E-state index is 12.8. The number of halogens is 2. The Balaban J connectivity index is 0.00000176. The van der Waals surface area contributed by atoms with Crippen LogP contribution in [0.1, 0.15) is 19.3 Å². The van der Waals surface area contributed by atoms with Crippen molar-refractivity contribution in [2.75, 3.05) is 25.0 Å². The van der Waals surface area contributed by atoms with E-state index in [2.05, 4.69) is 10.2 Å². The van der Waals surface area contributed by atoms with Crippen molar-refractivity contribution >= 4 is 24.0 Å². The average molecular weight is 328 g/mol. The molecule has 2 aliphatic rings. The number of hydrogen-bond donors (Lipinski definition) is 2. The van der Waals surface area contributed by atoms with Gasteiger partial charge >= 0.3 is 0 Å². The van der Waals surface area contributed by atoms with E-state index in [1.165, 1.54) is 25.0 Å². The van der Waals surface area contributed by atoms with E-state index in [9.17, 15) is 9.18 Å². The number of rotatable bonds is 3. The second kappa shape index (κ2) is 7.40. The molecule has 3 N–H and O–H groups in total. The van der Waals surface area contributed by atoms with Gasteiger partial charge in [-0.25, -0.2) is 4.39 Å². The molecule has 1 aromatic rings. The first-order valence-electron chi connectivity index (χ1n) is 7.65. The fraction of sp³-hybridized carbons (Fsp3) is 0.562. The Bertz CT molecular complexity index is 511. The van der Waals surface area contributed by atoms with Gasteiger partial charge in [0, 0.05) is 24.8 Å². The summed E-state index contributed by atoms with van der Waals surface area (Å²) < 4.78 is 12.8. The quantitative estimate of drug-likeness (QED) is 0.895. The van der Waals surface area contributed by atoms with Gasteiger partial charge in [0.25, 0.3) is 0 Å². The molecule has 3 rings (SSSR count). The highest BCUT2D eigenvalue weighted by atomic mass is 35.5. The molecule has 1 amide bonds. The second-order valence-electron chi connectivity index (χ2n) is 6.27. The molecule has 122 valence electrons. The minimum atomic E-state index is -0.300. The van der Waals surface area contributed by atoms with Gasteiger partial charge in [0.15, 0.2) is 0 Å². The van der Waals surface area contributed by atoms with E-state index in [1.807, 2.05) is 0 Å². The van der Waals surface area contributed by atoms with Gasteiger partial charge in [-0.1, -0.05) is 6.42 Å². The van der Waals surface area contributed by atoms with Crippen LogP contribution >= 0.6 is 12.4 Å². The number of carbonyl (C=O) groups is 1. The third-order valence-electron chi connectivity index (χ3n) is 4.72. The Labute approximate surface area is 136 Å². The highest BCUT2D eigenvalue weighted by molar-refractivity contribution is 5.92. The first-order valence-corrected chi connectivity index (χ1v) is 7.65. The smallest absolute Gasteiger partial charge is 0.238 e. The van der Waals surface area contributed by atoms with Gasteiger partial charge in [0.05, 0.1) is 6.54 Å². The highest BCUT2D eigenvalue weighted by Crippen LogP contribution is 2.35. The number of anilines is 1. The molecule has 0 aromatic heterocycles. The monoisotopic (exact) mass is 327 g/mol. The number of hydrogen-bond acceptors (Lipinski definition) is 3. The molecule has 0 bridgehead atoms. The van der Waals surface area contributed by atoms with Crippen LogP contribution in [0.25, 0.3) is 0 Å². The first kappa shape index (κ1) is 17.2. The Morgan fingerprint density at radius 1 is 1.27 bits per heavy atom. The van der Waals surface area contributed by atoms with Gasteiger partial charge in [-0.3, -0.25) is 9.69 Å². The number of nitrogens with one attached hydrogen (secondary N) is 1. The molecule has 1 aliphatic carbocycles. The molecule has 3 atom stereocenters. The third kappa shape index (κ3) is 3.97. The molecule has 3 unspecified atom stereocenters. The molecule has 0 radical (unpaired) electrons. The zero-order chi connectivity index (χ0) is 14.8. The lowest BCUT2D eigenvalue weighted by molar-refractivity contribution is -0.117. The number of benzene rings is 1. The van der Waals surface area contributed by atoms with Gasteiger partial charge < -0.3 is 11.1 Å². The zero-order valence-electron chi connectivity index (χ0n) is 12.5. The van der Waals surface area contributed by atoms with Gasteiger partial charge in [-0.2, -0.15) is 0 Å². The largest absolute Gasteiger partial charge is 0.327 e. The van der Waals surface area contributed by atoms with Crippen LogP contribution in [0.4, 0.5) is 10.1 Å². The molecule has 6 heteroatoms. The van der Waals surface area contributed by atoms with E-state index < -0.39 is 0 Å². The average Bonchev–Trinajstić information content (AvgIpc) is 2.85. The van der Waals surface area contributed by atoms with E-state index in [0.717, 1.165) is 19.5 Å². The van der Waals surface area contributed by atoms with Crippen LogP contribution in [0.15, 0.2) is 24.3 Å². The molecular weight excluding hydrogens is 305 g/mol. The van der Waals surface area contributed by atoms with Crippen LogP contribution in [0.2, 0.25) is 0 Å². The topological polar surface area (TPSA) is 58.4 Å². The molecule has 1 heterocycles. The Kier molecular flexibility index (Phi) is 5.78. The summed E-state index contributed by atoms with van der Waals surface area (Å²) in [5.74, 6) is 0.837. The highest BCUT2D eigenvalue weighted by Gasteiger charge is 2.38. The molecule has 1 saturated heterocycles. The lowest BCUT2D eigenvalue weighted by atomic mass is 9.78. The fourth-order valence-corrected chi connectivity index (χ4v) is 3.67. The van der Waals surface area contributed by atoms with Crippen molar-refractivity contribution in [1.82, 2.24) is 4.90 Å². The molecule has 2 fully saturated rings. The van der Waals surface area contributed by atoms with Crippen molar-refractivity contribution in [3.05, 3.63) is 30.1 Å². The van der Waals surface area contributed by atoms with E-state index in [1.54, 1.807) is 12.1 Å². The summed E-state index contributed by atoms with van der Waals surface area (Å²) in [5.41, 5.74) is 6.82. The molecule has 1 aliphatic heterocycles. The number of amides is 1. The van der Waals surface area contributed by atoms with Crippen molar-refractivity contribution in [3.8, 4) is 0 Å². The molecular formula is C16H23ClFN3O. The summed E-state index contributed by atoms with van der Waals surface area (Å²) in [6.07, 6.45) is 3.54. The molecule has 4 nitrogen and oxygen atoms in total. The maximum atomic E-state index is 12.8. The van der Waals surface area contributed by atoms with Gasteiger partial charge in [-0.15, -0.1) is 12.4 Å². The Morgan fingerprint density at radius 2 is 2.00 bits per heavy atom. The maximum Gasteiger partial charge on any atom is 0.238 e. The number of nitrogens with two attached hydrogens (primary N) is 1. The van der Waals surface area contributed by atoms with E-state index in [0.29, 0.717) is 24.1 Å². The zero-order valence-corrected chi connectivity index (χ0v) is 13.3. The lowest BCUT2D eigenvalue weighted by Gasteiger charge is -2.29. The number of nitrogens with zero attached hydrogens (tertiary/aromatic N) is 1. The Hall–Kier alpha value is -1.17. The minimum absolute atomic E-state index is 0. The van der Waals surface area contributed by atoms with E-state index >= 15 is 0 Å². The third-order valence-corrected chi connectivity index (χ3v) is 4.72. The SMILES string of the molecule is Cl.NC1CCCC2CN(CC(=O)Nc3ccc(F)cc3)CC12. The van der Waals surface area contributed by atoms with Crippen LogP contribution in [0.3, 0.4) is 0 Å². The summed E-state index contributed by atoms with van der Waals surface area (Å²) >= 11 is 0. The van der Waals surface area contributed by atoms with Crippen molar-refractivity contribution < 1.29 is 9.18 Å². The van der Waals surface area contributed by atoms with Crippen molar-refractivity contribution in [2.45, 2.75) is 25.3 Å². The van der Waals surface area contributed by atoms with E-state index in [-0.39, 0.29) is 30.2 Å². The number of likely N-dealkylation sites (tertiary alicyclic amines) is 1. The Morgan fingerprint density at radius 3 is 2.68 bits per heavy atom. The number of fused-ring (bicyclic) bond motifs is 1. The van der Waals surface area contributed by atoms with Gasteiger partial charge in [0.1, 0.15) is 5.82 Å². The van der Waals surface area contributed by atoms with Crippen LogP contribution in [0.5, 0.6) is 0 Å². The summed E-state index contributed by atoms with van der Waals surface area (Å²) in [5, 5.41) is 2.81. The fourth-order valence-electron chi connectivity index (χ4n) is 3.67. The number of carbonyl (C=O) groups excluding carboxylic acids is 1. The summed E-state index contributed by atoms with van der Waals surface area (Å²) in [6.45, 7) is 2.27. The van der Waals surface area contributed by atoms with Crippen LogP contribution in [-0.4, -0.2) is 36.5 Å². The van der Waals surface area contributed by atoms with Crippen LogP contribution in [-0.2, 0) is 4.79 Å². The lowest BCUT2D eigenvalue weighted by Crippen LogP contribution is -2.38. The van der Waals surface area contributed by atoms with E-state index in [4.69, 9.17) is 5.73 Å². The molecule has 1 saturated carbocycles. The van der Waals surface area contributed by atoms with Crippen molar-refractivity contribution in [1.29, 1.82) is 0 Å². The van der Waals surface area contributed by atoms with Crippen LogP contribution in [0, 0.1) is 17.7 Å². The first-order chi connectivity index (χ1) is 10.1. The summed E-state index contributed by atoms with van der Waals surface area (Å²) in [4.78, 5) is 14.3. The van der Waals surface area contributed by atoms with Crippen molar-refractivity contribution in [2.24, 2.45) is 17.6 Å². The predicted molar refractivity (Wildman–Crippen MR) is 87.5 cm³/mol. The molecule has 0 spiro atoms. The van der Waals surface area contributed by atoms with Gasteiger partial charge in [0.2, 0.25) is 5.91 Å². The minimum Gasteiger partial charge on any atom is -0.327 e. The predicted octanol–water partition coefficient (Wildman–Crippen LogP) is 2.25. The molecule has 22 heavy (non-hydrogen) atoms. The normalized spacial score (nSPS) is 27.8. The molecule has 1 aromatic carbocycles.